The molecule has 0 rings (SSSR count). The van der Waals surface area contributed by atoms with Gasteiger partial charge in [-0.3, -0.25) is 0 Å². The molecule has 0 amide bonds. The van der Waals surface area contributed by atoms with Crippen LogP contribution in [0.3, 0.4) is 0 Å². The van der Waals surface area contributed by atoms with Crippen molar-refractivity contribution in [2.45, 2.75) is 47.0 Å². The van der Waals surface area contributed by atoms with Crippen molar-refractivity contribution < 1.29 is 19.3 Å². The highest BCUT2D eigenvalue weighted by Crippen LogP contribution is 2.21. The third kappa shape index (κ3) is 11.7. The molecule has 2 unspecified atom stereocenters. The first-order valence-corrected chi connectivity index (χ1v) is 10.5. The molecular formula is C15H32O4S2. The van der Waals surface area contributed by atoms with Crippen LogP contribution in [0.25, 0.3) is 0 Å². The molecule has 0 saturated heterocycles. The second kappa shape index (κ2) is 10.3. The van der Waals surface area contributed by atoms with Crippen LogP contribution in [0.2, 0.25) is 0 Å². The molecule has 0 aromatic heterocycles. The zero-order chi connectivity index (χ0) is 16.5. The van der Waals surface area contributed by atoms with Gasteiger partial charge in [0.1, 0.15) is 23.0 Å². The summed E-state index contributed by atoms with van der Waals surface area (Å²) in [6.07, 6.45) is 2.19. The van der Waals surface area contributed by atoms with Crippen LogP contribution >= 0.6 is 0 Å². The maximum atomic E-state index is 11.8. The van der Waals surface area contributed by atoms with Crippen molar-refractivity contribution in [3.05, 3.63) is 0 Å². The van der Waals surface area contributed by atoms with Crippen molar-refractivity contribution in [2.24, 2.45) is 10.8 Å². The van der Waals surface area contributed by atoms with Gasteiger partial charge in [-0.05, 0) is 23.7 Å². The van der Waals surface area contributed by atoms with Crippen LogP contribution < -0.4 is 0 Å². The normalized spacial score (nSPS) is 16.0. The second-order valence-electron chi connectivity index (χ2n) is 7.19. The molecule has 2 atom stereocenters. The maximum absolute atomic E-state index is 11.8. The average Bonchev–Trinajstić information content (AvgIpc) is 2.43. The number of aliphatic hydroxyl groups excluding tert-OH is 2. The lowest BCUT2D eigenvalue weighted by Crippen LogP contribution is -2.25. The fraction of sp³-hybridized carbons (Fsp3) is 1.00. The second-order valence-corrected chi connectivity index (χ2v) is 10.6. The largest absolute Gasteiger partial charge is 0.616 e. The molecule has 0 aliphatic rings. The van der Waals surface area contributed by atoms with E-state index in [2.05, 4.69) is 0 Å². The van der Waals surface area contributed by atoms with E-state index in [9.17, 15) is 9.11 Å². The van der Waals surface area contributed by atoms with Gasteiger partial charge in [0.05, 0.1) is 0 Å². The van der Waals surface area contributed by atoms with E-state index in [0.29, 0.717) is 29.4 Å². The summed E-state index contributed by atoms with van der Waals surface area (Å²) in [6, 6.07) is 0. The Bertz CT molecular complexity index is 246. The summed E-state index contributed by atoms with van der Waals surface area (Å²) in [7, 11) is 0. The van der Waals surface area contributed by atoms with Gasteiger partial charge in [0, 0.05) is 19.6 Å². The van der Waals surface area contributed by atoms with Crippen molar-refractivity contribution in [3.63, 3.8) is 0 Å². The van der Waals surface area contributed by atoms with Gasteiger partial charge in [-0.25, -0.2) is 0 Å². The zero-order valence-corrected chi connectivity index (χ0v) is 15.5. The maximum Gasteiger partial charge on any atom is 0.110 e. The molecule has 4 nitrogen and oxygen atoms in total. The van der Waals surface area contributed by atoms with E-state index in [1.165, 1.54) is 0 Å². The topological polar surface area (TPSA) is 86.6 Å². The first-order chi connectivity index (χ1) is 9.62. The molecule has 0 aromatic rings. The van der Waals surface area contributed by atoms with Crippen molar-refractivity contribution >= 4 is 22.4 Å². The Morgan fingerprint density at radius 2 is 1.05 bits per heavy atom. The van der Waals surface area contributed by atoms with E-state index in [0.717, 1.165) is 12.8 Å². The van der Waals surface area contributed by atoms with Crippen molar-refractivity contribution in [1.82, 2.24) is 0 Å². The third-order valence-electron chi connectivity index (χ3n) is 3.61. The minimum absolute atomic E-state index is 0.106. The fourth-order valence-corrected chi connectivity index (χ4v) is 4.61. The van der Waals surface area contributed by atoms with Crippen LogP contribution in [0.4, 0.5) is 0 Å². The monoisotopic (exact) mass is 340 g/mol. The molecule has 2 N–H and O–H groups in total. The van der Waals surface area contributed by atoms with Crippen molar-refractivity contribution in [1.29, 1.82) is 0 Å². The highest BCUT2D eigenvalue weighted by atomic mass is 32.2. The van der Waals surface area contributed by atoms with Crippen LogP contribution in [0.1, 0.15) is 47.0 Å². The van der Waals surface area contributed by atoms with Crippen LogP contribution in [0.15, 0.2) is 0 Å². The van der Waals surface area contributed by atoms with Gasteiger partial charge >= 0.3 is 0 Å². The van der Waals surface area contributed by atoms with E-state index in [4.69, 9.17) is 10.2 Å². The molecule has 128 valence electrons. The Morgan fingerprint density at radius 1 is 0.714 bits per heavy atom. The molecule has 0 fully saturated rings. The Kier molecular flexibility index (Phi) is 10.6. The molecular weight excluding hydrogens is 308 g/mol. The molecule has 0 spiro atoms. The quantitative estimate of drug-likeness (QED) is 0.529. The Balaban J connectivity index is 3.73. The summed E-state index contributed by atoms with van der Waals surface area (Å²) in [6.45, 7) is 8.05. The summed E-state index contributed by atoms with van der Waals surface area (Å²) >= 11 is -1.79. The molecule has 0 saturated carbocycles. The van der Waals surface area contributed by atoms with Crippen LogP contribution in [0.5, 0.6) is 0 Å². The third-order valence-corrected chi connectivity index (χ3v) is 6.42. The lowest BCUT2D eigenvalue weighted by Gasteiger charge is -2.23. The highest BCUT2D eigenvalue weighted by Gasteiger charge is 2.22. The molecule has 0 bridgehead atoms. The number of hydrogen-bond donors (Lipinski definition) is 2. The molecule has 6 heteroatoms. The molecule has 21 heavy (non-hydrogen) atoms. The first-order valence-electron chi connectivity index (χ1n) is 7.53. The van der Waals surface area contributed by atoms with Gasteiger partial charge in [-0.2, -0.15) is 0 Å². The smallest absolute Gasteiger partial charge is 0.110 e. The SMILES string of the molecule is CC(C)(CO)CC[S+]([O-])CCC[S+]([O-])CCC(C)(C)CO. The predicted molar refractivity (Wildman–Crippen MR) is 91.3 cm³/mol. The van der Waals surface area contributed by atoms with E-state index in [1.54, 1.807) is 0 Å². The molecule has 0 radical (unpaired) electrons. The van der Waals surface area contributed by atoms with Crippen LogP contribution in [-0.4, -0.2) is 55.5 Å². The minimum atomic E-state index is -0.893. The summed E-state index contributed by atoms with van der Waals surface area (Å²) in [5.74, 6) is 2.35. The Labute approximate surface area is 136 Å². The van der Waals surface area contributed by atoms with Crippen molar-refractivity contribution in [3.8, 4) is 0 Å². The molecule has 0 aliphatic carbocycles. The van der Waals surface area contributed by atoms with E-state index < -0.39 is 22.4 Å². The van der Waals surface area contributed by atoms with Crippen LogP contribution in [0, 0.1) is 10.8 Å². The fourth-order valence-electron chi connectivity index (χ4n) is 1.52. The summed E-state index contributed by atoms with van der Waals surface area (Å²) < 4.78 is 23.7. The summed E-state index contributed by atoms with van der Waals surface area (Å²) in [5, 5.41) is 18.3. The van der Waals surface area contributed by atoms with E-state index in [1.807, 2.05) is 27.7 Å². The zero-order valence-electron chi connectivity index (χ0n) is 13.9. The average molecular weight is 341 g/mol. The number of rotatable bonds is 12. The van der Waals surface area contributed by atoms with Gasteiger partial charge in [0.15, 0.2) is 0 Å². The Morgan fingerprint density at radius 3 is 1.33 bits per heavy atom. The van der Waals surface area contributed by atoms with Crippen LogP contribution in [-0.2, 0) is 22.4 Å². The van der Waals surface area contributed by atoms with E-state index >= 15 is 0 Å². The molecule has 0 aromatic carbocycles. The molecule has 0 aliphatic heterocycles. The number of hydrogen-bond acceptors (Lipinski definition) is 4. The summed E-state index contributed by atoms with van der Waals surface area (Å²) in [5.41, 5.74) is -0.345. The van der Waals surface area contributed by atoms with Gasteiger partial charge < -0.3 is 19.3 Å². The summed E-state index contributed by atoms with van der Waals surface area (Å²) in [4.78, 5) is 0. The predicted octanol–water partition coefficient (Wildman–Crippen LogP) is 1.69. The lowest BCUT2D eigenvalue weighted by molar-refractivity contribution is 0.156. The lowest BCUT2D eigenvalue weighted by atomic mass is 9.92. The van der Waals surface area contributed by atoms with E-state index in [-0.39, 0.29) is 24.0 Å². The van der Waals surface area contributed by atoms with Gasteiger partial charge in [-0.1, -0.05) is 50.0 Å². The van der Waals surface area contributed by atoms with Gasteiger partial charge in [-0.15, -0.1) is 0 Å². The minimum Gasteiger partial charge on any atom is -0.616 e. The Hall–Kier alpha value is 0.540. The molecule has 0 heterocycles. The number of aliphatic hydroxyl groups is 2. The highest BCUT2D eigenvalue weighted by molar-refractivity contribution is 7.92. The van der Waals surface area contributed by atoms with Crippen molar-refractivity contribution in [2.75, 3.05) is 36.2 Å². The van der Waals surface area contributed by atoms with Gasteiger partial charge in [0.2, 0.25) is 0 Å². The standard InChI is InChI=1S/C15H32O4S2/c1-14(2,12-16)6-10-20(18)8-5-9-21(19)11-7-15(3,4)13-17/h16-17H,5-13H2,1-4H3. The first kappa shape index (κ1) is 21.5. The van der Waals surface area contributed by atoms with Gasteiger partial charge in [0.25, 0.3) is 0 Å².